The van der Waals surface area contributed by atoms with E-state index in [1.165, 1.54) is 0 Å². The summed E-state index contributed by atoms with van der Waals surface area (Å²) in [6.07, 6.45) is 0.735. The molecule has 0 radical (unpaired) electrons. The van der Waals surface area contributed by atoms with Crippen molar-refractivity contribution in [3.63, 3.8) is 0 Å². The molecule has 0 aromatic rings. The van der Waals surface area contributed by atoms with E-state index in [4.69, 9.17) is 5.73 Å². The first kappa shape index (κ1) is 10.8. The molecule has 1 saturated carbocycles. The van der Waals surface area contributed by atoms with Gasteiger partial charge in [-0.3, -0.25) is 0 Å². The van der Waals surface area contributed by atoms with Gasteiger partial charge in [-0.1, -0.05) is 0 Å². The third kappa shape index (κ3) is 2.17. The molecule has 1 atom stereocenters. The van der Waals surface area contributed by atoms with E-state index in [-0.39, 0.29) is 25.1 Å². The van der Waals surface area contributed by atoms with Crippen LogP contribution in [0.4, 0.5) is 8.78 Å². The Hall–Kier alpha value is -0.230. The Bertz CT molecular complexity index is 302. The SMILES string of the molecule is CS(=O)(=O)CCC1(CN)CC1(F)F. The van der Waals surface area contributed by atoms with Gasteiger partial charge in [0.2, 0.25) is 0 Å². The van der Waals surface area contributed by atoms with Crippen LogP contribution < -0.4 is 5.73 Å². The Balaban J connectivity index is 2.55. The number of halogens is 2. The third-order valence-electron chi connectivity index (χ3n) is 2.55. The lowest BCUT2D eigenvalue weighted by Gasteiger charge is -2.12. The number of sulfone groups is 1. The van der Waals surface area contributed by atoms with Gasteiger partial charge in [0.05, 0.1) is 11.2 Å². The Morgan fingerprint density at radius 3 is 2.15 bits per heavy atom. The van der Waals surface area contributed by atoms with Gasteiger partial charge in [-0.25, -0.2) is 17.2 Å². The fourth-order valence-electron chi connectivity index (χ4n) is 1.36. The molecule has 0 aliphatic heterocycles. The Morgan fingerprint density at radius 2 is 1.92 bits per heavy atom. The lowest BCUT2D eigenvalue weighted by atomic mass is 10.0. The molecule has 6 heteroatoms. The molecule has 1 fully saturated rings. The van der Waals surface area contributed by atoms with Gasteiger partial charge in [0.1, 0.15) is 9.84 Å². The van der Waals surface area contributed by atoms with Gasteiger partial charge < -0.3 is 5.73 Å². The van der Waals surface area contributed by atoms with Crippen LogP contribution in [0.3, 0.4) is 0 Å². The van der Waals surface area contributed by atoms with E-state index in [2.05, 4.69) is 0 Å². The molecule has 0 amide bonds. The standard InChI is InChI=1S/C7H13F2NO2S/c1-13(11,12)3-2-6(5-10)4-7(6,8)9/h2-5,10H2,1H3. The van der Waals surface area contributed by atoms with Crippen molar-refractivity contribution in [2.45, 2.75) is 18.8 Å². The summed E-state index contributed by atoms with van der Waals surface area (Å²) in [7, 11) is -3.17. The molecule has 13 heavy (non-hydrogen) atoms. The van der Waals surface area contributed by atoms with Gasteiger partial charge in [0.25, 0.3) is 5.92 Å². The number of nitrogens with two attached hydrogens (primary N) is 1. The van der Waals surface area contributed by atoms with Crippen LogP contribution in [0.2, 0.25) is 0 Å². The van der Waals surface area contributed by atoms with Gasteiger partial charge in [0, 0.05) is 19.2 Å². The van der Waals surface area contributed by atoms with Gasteiger partial charge in [-0.2, -0.15) is 0 Å². The lowest BCUT2D eigenvalue weighted by Crippen LogP contribution is -2.25. The van der Waals surface area contributed by atoms with Crippen molar-refractivity contribution in [1.29, 1.82) is 0 Å². The van der Waals surface area contributed by atoms with Gasteiger partial charge >= 0.3 is 0 Å². The summed E-state index contributed by atoms with van der Waals surface area (Å²) in [6, 6.07) is 0. The van der Waals surface area contributed by atoms with Crippen LogP contribution in [0.25, 0.3) is 0 Å². The predicted molar refractivity (Wildman–Crippen MR) is 45.4 cm³/mol. The first-order valence-electron chi connectivity index (χ1n) is 3.98. The molecule has 1 unspecified atom stereocenters. The van der Waals surface area contributed by atoms with Crippen molar-refractivity contribution in [2.24, 2.45) is 11.1 Å². The monoisotopic (exact) mass is 213 g/mol. The zero-order valence-corrected chi connectivity index (χ0v) is 8.20. The molecule has 0 spiro atoms. The molecule has 78 valence electrons. The molecular formula is C7H13F2NO2S. The third-order valence-corrected chi connectivity index (χ3v) is 3.50. The predicted octanol–water partition coefficient (Wildman–Crippen LogP) is 0.405. The van der Waals surface area contributed by atoms with E-state index < -0.39 is 21.2 Å². The quantitative estimate of drug-likeness (QED) is 0.735. The molecule has 0 saturated heterocycles. The van der Waals surface area contributed by atoms with Gasteiger partial charge in [-0.05, 0) is 6.42 Å². The normalized spacial score (nSPS) is 31.7. The van der Waals surface area contributed by atoms with E-state index in [9.17, 15) is 17.2 Å². The van der Waals surface area contributed by atoms with Gasteiger partial charge in [0.15, 0.2) is 0 Å². The molecular weight excluding hydrogens is 200 g/mol. The zero-order valence-electron chi connectivity index (χ0n) is 7.39. The van der Waals surface area contributed by atoms with Crippen LogP contribution in [0.15, 0.2) is 0 Å². The zero-order chi connectivity index (χ0) is 10.3. The number of hydrogen-bond acceptors (Lipinski definition) is 3. The highest BCUT2D eigenvalue weighted by Gasteiger charge is 2.69. The second-order valence-corrected chi connectivity index (χ2v) is 6.01. The molecule has 1 rings (SSSR count). The maximum absolute atomic E-state index is 12.8. The van der Waals surface area contributed by atoms with E-state index in [0.717, 1.165) is 6.26 Å². The van der Waals surface area contributed by atoms with E-state index >= 15 is 0 Å². The number of alkyl halides is 2. The summed E-state index contributed by atoms with van der Waals surface area (Å²) in [5.41, 5.74) is 3.96. The van der Waals surface area contributed by atoms with Crippen molar-refractivity contribution in [2.75, 3.05) is 18.6 Å². The van der Waals surface area contributed by atoms with E-state index in [1.807, 2.05) is 0 Å². The highest BCUT2D eigenvalue weighted by molar-refractivity contribution is 7.90. The average molecular weight is 213 g/mol. The summed E-state index contributed by atoms with van der Waals surface area (Å²) in [5.74, 6) is -2.97. The summed E-state index contributed by atoms with van der Waals surface area (Å²) >= 11 is 0. The Morgan fingerprint density at radius 1 is 1.46 bits per heavy atom. The van der Waals surface area contributed by atoms with Crippen molar-refractivity contribution < 1.29 is 17.2 Å². The first-order valence-corrected chi connectivity index (χ1v) is 6.04. The Labute approximate surface area is 76.2 Å². The molecule has 3 nitrogen and oxygen atoms in total. The minimum Gasteiger partial charge on any atom is -0.330 e. The molecule has 0 bridgehead atoms. The second-order valence-electron chi connectivity index (χ2n) is 3.75. The van der Waals surface area contributed by atoms with Crippen molar-refractivity contribution in [3.8, 4) is 0 Å². The molecule has 2 N–H and O–H groups in total. The summed E-state index contributed by atoms with van der Waals surface area (Å²) in [5, 5.41) is 0. The summed E-state index contributed by atoms with van der Waals surface area (Å²) < 4.78 is 47.0. The van der Waals surface area contributed by atoms with Crippen LogP contribution in [0.5, 0.6) is 0 Å². The van der Waals surface area contributed by atoms with Crippen molar-refractivity contribution >= 4 is 9.84 Å². The van der Waals surface area contributed by atoms with E-state index in [0.29, 0.717) is 0 Å². The molecule has 0 aromatic carbocycles. The number of rotatable bonds is 4. The largest absolute Gasteiger partial charge is 0.330 e. The van der Waals surface area contributed by atoms with E-state index in [1.54, 1.807) is 0 Å². The van der Waals surface area contributed by atoms with Crippen LogP contribution >= 0.6 is 0 Å². The smallest absolute Gasteiger partial charge is 0.255 e. The summed E-state index contributed by atoms with van der Waals surface area (Å²) in [6.45, 7) is -0.143. The maximum Gasteiger partial charge on any atom is 0.255 e. The highest BCUT2D eigenvalue weighted by atomic mass is 32.2. The average Bonchev–Trinajstić information content (AvgIpc) is 2.49. The Kier molecular flexibility index (Phi) is 2.40. The van der Waals surface area contributed by atoms with Gasteiger partial charge in [-0.15, -0.1) is 0 Å². The fraction of sp³-hybridized carbons (Fsp3) is 1.00. The van der Waals surface area contributed by atoms with Crippen molar-refractivity contribution in [3.05, 3.63) is 0 Å². The second kappa shape index (κ2) is 2.88. The first-order chi connectivity index (χ1) is 5.72. The van der Waals surface area contributed by atoms with Crippen LogP contribution in [-0.4, -0.2) is 32.9 Å². The lowest BCUT2D eigenvalue weighted by molar-refractivity contribution is 0.0654. The van der Waals surface area contributed by atoms with Crippen molar-refractivity contribution in [1.82, 2.24) is 0 Å². The maximum atomic E-state index is 12.8. The molecule has 0 aromatic heterocycles. The molecule has 1 aliphatic rings. The minimum atomic E-state index is -3.17. The van der Waals surface area contributed by atoms with Crippen LogP contribution in [-0.2, 0) is 9.84 Å². The van der Waals surface area contributed by atoms with Crippen LogP contribution in [0.1, 0.15) is 12.8 Å². The fourth-order valence-corrected chi connectivity index (χ4v) is 2.12. The molecule has 0 heterocycles. The summed E-state index contributed by atoms with van der Waals surface area (Å²) in [4.78, 5) is 0. The van der Waals surface area contributed by atoms with Crippen LogP contribution in [0, 0.1) is 5.41 Å². The topological polar surface area (TPSA) is 60.2 Å². The number of hydrogen-bond donors (Lipinski definition) is 1. The highest BCUT2D eigenvalue weighted by Crippen LogP contribution is 2.61. The molecule has 1 aliphatic carbocycles. The minimum absolute atomic E-state index is 0.0324.